The Balaban J connectivity index is 2.55. The highest BCUT2D eigenvalue weighted by Crippen LogP contribution is 2.18. The lowest BCUT2D eigenvalue weighted by atomic mass is 10.1. The minimum atomic E-state index is -0.546. The summed E-state index contributed by atoms with van der Waals surface area (Å²) < 4.78 is 5.06. The van der Waals surface area contributed by atoms with E-state index in [9.17, 15) is 4.79 Å². The van der Waals surface area contributed by atoms with E-state index in [1.54, 1.807) is 18.2 Å². The molecule has 0 spiro atoms. The fourth-order valence-electron chi connectivity index (χ4n) is 1.19. The Bertz CT molecular complexity index is 440. The molecule has 17 heavy (non-hydrogen) atoms. The second-order valence-electron chi connectivity index (χ2n) is 3.22. The van der Waals surface area contributed by atoms with Gasteiger partial charge in [-0.25, -0.2) is 0 Å². The molecule has 6 heteroatoms. The smallest absolute Gasteiger partial charge is 0.245 e. The standard InChI is InChI=1S/C11H13N3O3/c1-16-10-4-8(2-3-9(10)5-12)6-14-17-7-11(13)15/h2-4,14H,6-7H2,1H3,(H2,13,15). The molecule has 0 heterocycles. The highest BCUT2D eigenvalue weighted by molar-refractivity contribution is 5.74. The van der Waals surface area contributed by atoms with Gasteiger partial charge in [0.15, 0.2) is 0 Å². The molecule has 0 aromatic heterocycles. The highest BCUT2D eigenvalue weighted by Gasteiger charge is 2.03. The quantitative estimate of drug-likeness (QED) is 0.537. The zero-order chi connectivity index (χ0) is 12.7. The van der Waals surface area contributed by atoms with Crippen molar-refractivity contribution >= 4 is 5.91 Å². The second kappa shape index (κ2) is 6.48. The first-order chi connectivity index (χ1) is 8.17. The first-order valence-electron chi connectivity index (χ1n) is 4.87. The molecule has 1 aromatic carbocycles. The number of nitrogens with two attached hydrogens (primary N) is 1. The Morgan fingerprint density at radius 1 is 1.59 bits per heavy atom. The van der Waals surface area contributed by atoms with Gasteiger partial charge in [0.05, 0.1) is 12.7 Å². The SMILES string of the molecule is COc1cc(CNOCC(N)=O)ccc1C#N. The second-order valence-corrected chi connectivity index (χ2v) is 3.22. The lowest BCUT2D eigenvalue weighted by molar-refractivity contribution is -0.125. The van der Waals surface area contributed by atoms with Crippen LogP contribution in [0.2, 0.25) is 0 Å². The third-order valence-corrected chi connectivity index (χ3v) is 1.98. The summed E-state index contributed by atoms with van der Waals surface area (Å²) in [5, 5.41) is 8.79. The van der Waals surface area contributed by atoms with Gasteiger partial charge in [0.2, 0.25) is 5.91 Å². The van der Waals surface area contributed by atoms with Crippen molar-refractivity contribution < 1.29 is 14.4 Å². The van der Waals surface area contributed by atoms with Crippen LogP contribution in [0.5, 0.6) is 5.75 Å². The third kappa shape index (κ3) is 4.10. The number of hydrogen-bond acceptors (Lipinski definition) is 5. The summed E-state index contributed by atoms with van der Waals surface area (Å²) in [5.74, 6) is -0.0448. The lowest BCUT2D eigenvalue weighted by Crippen LogP contribution is -2.24. The first kappa shape index (κ1) is 13.0. The zero-order valence-corrected chi connectivity index (χ0v) is 9.40. The highest BCUT2D eigenvalue weighted by atomic mass is 16.6. The molecule has 0 saturated heterocycles. The van der Waals surface area contributed by atoms with E-state index in [0.29, 0.717) is 17.9 Å². The maximum Gasteiger partial charge on any atom is 0.245 e. The number of hydroxylamine groups is 1. The number of carbonyl (C=O) groups excluding carboxylic acids is 1. The number of hydrogen-bond donors (Lipinski definition) is 2. The number of ether oxygens (including phenoxy) is 1. The molecule has 0 aliphatic rings. The van der Waals surface area contributed by atoms with Crippen LogP contribution in [0.4, 0.5) is 0 Å². The van der Waals surface area contributed by atoms with E-state index in [1.807, 2.05) is 6.07 Å². The summed E-state index contributed by atoms with van der Waals surface area (Å²) in [5.41, 5.74) is 8.81. The predicted octanol–water partition coefficient (Wildman–Crippen LogP) is 0.0734. The number of nitrogens with zero attached hydrogens (tertiary/aromatic N) is 1. The van der Waals surface area contributed by atoms with E-state index in [4.69, 9.17) is 20.6 Å². The molecule has 3 N–H and O–H groups in total. The van der Waals surface area contributed by atoms with Crippen molar-refractivity contribution in [3.8, 4) is 11.8 Å². The van der Waals surface area contributed by atoms with Crippen molar-refractivity contribution in [1.29, 1.82) is 5.26 Å². The van der Waals surface area contributed by atoms with Crippen LogP contribution >= 0.6 is 0 Å². The third-order valence-electron chi connectivity index (χ3n) is 1.98. The average molecular weight is 235 g/mol. The molecule has 1 rings (SSSR count). The van der Waals surface area contributed by atoms with Gasteiger partial charge < -0.3 is 10.5 Å². The minimum Gasteiger partial charge on any atom is -0.495 e. The van der Waals surface area contributed by atoms with Crippen LogP contribution in [0.3, 0.4) is 0 Å². The lowest BCUT2D eigenvalue weighted by Gasteiger charge is -2.07. The Kier molecular flexibility index (Phi) is 4.94. The van der Waals surface area contributed by atoms with Gasteiger partial charge >= 0.3 is 0 Å². The van der Waals surface area contributed by atoms with Crippen molar-refractivity contribution in [3.63, 3.8) is 0 Å². The summed E-state index contributed by atoms with van der Waals surface area (Å²) >= 11 is 0. The molecule has 0 atom stereocenters. The fraction of sp³-hybridized carbons (Fsp3) is 0.273. The summed E-state index contributed by atoms with van der Waals surface area (Å²) in [7, 11) is 1.50. The number of carbonyl (C=O) groups is 1. The molecule has 90 valence electrons. The van der Waals surface area contributed by atoms with E-state index >= 15 is 0 Å². The van der Waals surface area contributed by atoms with Crippen LogP contribution in [0.1, 0.15) is 11.1 Å². The number of methoxy groups -OCH3 is 1. The van der Waals surface area contributed by atoms with E-state index in [1.165, 1.54) is 7.11 Å². The maximum absolute atomic E-state index is 10.4. The molecule has 0 bridgehead atoms. The largest absolute Gasteiger partial charge is 0.495 e. The Labute approximate surface area is 98.9 Å². The number of benzene rings is 1. The molecule has 0 fully saturated rings. The number of nitriles is 1. The number of primary amides is 1. The van der Waals surface area contributed by atoms with Gasteiger partial charge in [0.25, 0.3) is 0 Å². The van der Waals surface area contributed by atoms with Crippen LogP contribution < -0.4 is 16.0 Å². The van der Waals surface area contributed by atoms with Crippen molar-refractivity contribution in [2.75, 3.05) is 13.7 Å². The Morgan fingerprint density at radius 3 is 2.94 bits per heavy atom. The summed E-state index contributed by atoms with van der Waals surface area (Å²) in [4.78, 5) is 15.2. The molecule has 0 unspecified atom stereocenters. The molecular weight excluding hydrogens is 222 g/mol. The molecule has 0 saturated carbocycles. The van der Waals surface area contributed by atoms with Crippen molar-refractivity contribution in [2.24, 2.45) is 5.73 Å². The topological polar surface area (TPSA) is 97.4 Å². The zero-order valence-electron chi connectivity index (χ0n) is 9.40. The van der Waals surface area contributed by atoms with Crippen molar-refractivity contribution in [2.45, 2.75) is 6.54 Å². The van der Waals surface area contributed by atoms with Gasteiger partial charge in [-0.1, -0.05) is 6.07 Å². The van der Waals surface area contributed by atoms with Crippen LogP contribution in [0.25, 0.3) is 0 Å². The van der Waals surface area contributed by atoms with Crippen LogP contribution in [-0.2, 0) is 16.2 Å². The van der Waals surface area contributed by atoms with Gasteiger partial charge in [-0.2, -0.15) is 10.7 Å². The van der Waals surface area contributed by atoms with Gasteiger partial charge in [0, 0.05) is 6.54 Å². The van der Waals surface area contributed by atoms with Gasteiger partial charge in [-0.05, 0) is 17.7 Å². The molecule has 0 aliphatic heterocycles. The van der Waals surface area contributed by atoms with Crippen LogP contribution in [0.15, 0.2) is 18.2 Å². The van der Waals surface area contributed by atoms with Crippen LogP contribution in [0, 0.1) is 11.3 Å². The molecular formula is C11H13N3O3. The number of rotatable bonds is 6. The van der Waals surface area contributed by atoms with E-state index in [0.717, 1.165) is 5.56 Å². The predicted molar refractivity (Wildman–Crippen MR) is 59.7 cm³/mol. The van der Waals surface area contributed by atoms with Gasteiger partial charge in [-0.3, -0.25) is 9.63 Å². The maximum atomic E-state index is 10.4. The molecule has 1 aromatic rings. The average Bonchev–Trinajstić information content (AvgIpc) is 2.34. The first-order valence-corrected chi connectivity index (χ1v) is 4.87. The normalized spacial score (nSPS) is 9.65. The summed E-state index contributed by atoms with van der Waals surface area (Å²) in [6.07, 6.45) is 0. The molecule has 0 radical (unpaired) electrons. The number of amides is 1. The van der Waals surface area contributed by atoms with Gasteiger partial charge in [-0.15, -0.1) is 0 Å². The van der Waals surface area contributed by atoms with E-state index in [-0.39, 0.29) is 6.61 Å². The minimum absolute atomic E-state index is 0.187. The molecule has 1 amide bonds. The Morgan fingerprint density at radius 2 is 2.35 bits per heavy atom. The monoisotopic (exact) mass is 235 g/mol. The van der Waals surface area contributed by atoms with Crippen molar-refractivity contribution in [1.82, 2.24) is 5.48 Å². The van der Waals surface area contributed by atoms with Gasteiger partial charge in [0.1, 0.15) is 18.4 Å². The fourth-order valence-corrected chi connectivity index (χ4v) is 1.19. The van der Waals surface area contributed by atoms with Crippen molar-refractivity contribution in [3.05, 3.63) is 29.3 Å². The molecule has 0 aliphatic carbocycles. The number of nitrogens with one attached hydrogen (secondary N) is 1. The molecule has 6 nitrogen and oxygen atoms in total. The Hall–Kier alpha value is -2.10. The van der Waals surface area contributed by atoms with E-state index in [2.05, 4.69) is 5.48 Å². The summed E-state index contributed by atoms with van der Waals surface area (Å²) in [6.45, 7) is 0.197. The summed E-state index contributed by atoms with van der Waals surface area (Å²) in [6, 6.07) is 7.16. The van der Waals surface area contributed by atoms with E-state index < -0.39 is 5.91 Å². The van der Waals surface area contributed by atoms with Crippen LogP contribution in [-0.4, -0.2) is 19.6 Å².